The van der Waals surface area contributed by atoms with Crippen LogP contribution >= 0.6 is 24.0 Å². The Morgan fingerprint density at radius 1 is 1.44 bits per heavy atom. The van der Waals surface area contributed by atoms with Crippen LogP contribution in [0.25, 0.3) is 0 Å². The third-order valence-electron chi connectivity index (χ3n) is 3.01. The molecule has 1 aliphatic rings. The van der Waals surface area contributed by atoms with Gasteiger partial charge in [-0.3, -0.25) is 4.99 Å². The van der Waals surface area contributed by atoms with Crippen LogP contribution in [0.15, 0.2) is 4.99 Å². The number of nitrogens with one attached hydrogen (secondary N) is 1. The molecule has 0 aromatic rings. The van der Waals surface area contributed by atoms with Crippen LogP contribution in [0.2, 0.25) is 0 Å². The second-order valence-electron chi connectivity index (χ2n) is 4.06. The molecule has 0 spiro atoms. The van der Waals surface area contributed by atoms with E-state index in [1.54, 1.807) is 0 Å². The first-order chi connectivity index (χ1) is 7.27. The lowest BCUT2D eigenvalue weighted by Gasteiger charge is -2.26. The van der Waals surface area contributed by atoms with Crippen molar-refractivity contribution in [1.29, 1.82) is 0 Å². The second-order valence-corrected chi connectivity index (χ2v) is 4.06. The Hall–Kier alpha value is -0.0400. The molecular weight excluding hydrogens is 317 g/mol. The zero-order chi connectivity index (χ0) is 11.1. The van der Waals surface area contributed by atoms with Gasteiger partial charge < -0.3 is 15.0 Å². The van der Waals surface area contributed by atoms with Crippen molar-refractivity contribution in [2.75, 3.05) is 40.9 Å². The van der Waals surface area contributed by atoms with Crippen LogP contribution in [0.1, 0.15) is 19.3 Å². The van der Waals surface area contributed by atoms with E-state index in [1.807, 2.05) is 14.1 Å². The van der Waals surface area contributed by atoms with Crippen molar-refractivity contribution in [3.63, 3.8) is 0 Å². The molecule has 0 aromatic carbocycles. The summed E-state index contributed by atoms with van der Waals surface area (Å²) in [6.45, 7) is 2.95. The van der Waals surface area contributed by atoms with Gasteiger partial charge in [-0.2, -0.15) is 0 Å². The van der Waals surface area contributed by atoms with E-state index in [0.29, 0.717) is 0 Å². The standard InChI is InChI=1S/C11H23N3O.HI/c1-12-11(13-2)14(3)7-4-10-5-8-15-9-6-10;/h10H,4-9H2,1-3H3,(H,12,13);1H. The van der Waals surface area contributed by atoms with Crippen LogP contribution < -0.4 is 5.32 Å². The lowest BCUT2D eigenvalue weighted by molar-refractivity contribution is 0.0625. The van der Waals surface area contributed by atoms with Crippen LogP contribution in [0, 0.1) is 5.92 Å². The van der Waals surface area contributed by atoms with E-state index in [9.17, 15) is 0 Å². The summed E-state index contributed by atoms with van der Waals surface area (Å²) in [4.78, 5) is 6.35. The summed E-state index contributed by atoms with van der Waals surface area (Å²) >= 11 is 0. The summed E-state index contributed by atoms with van der Waals surface area (Å²) < 4.78 is 5.35. The largest absolute Gasteiger partial charge is 0.381 e. The Balaban J connectivity index is 0.00000225. The maximum absolute atomic E-state index is 5.35. The van der Waals surface area contributed by atoms with Crippen molar-refractivity contribution in [1.82, 2.24) is 10.2 Å². The molecule has 1 aliphatic heterocycles. The van der Waals surface area contributed by atoms with E-state index in [-0.39, 0.29) is 24.0 Å². The fourth-order valence-corrected chi connectivity index (χ4v) is 1.99. The molecule has 0 bridgehead atoms. The molecular formula is C11H24IN3O. The van der Waals surface area contributed by atoms with Gasteiger partial charge >= 0.3 is 0 Å². The van der Waals surface area contributed by atoms with Crippen molar-refractivity contribution in [3.05, 3.63) is 0 Å². The number of halogens is 1. The third kappa shape index (κ3) is 5.34. The Morgan fingerprint density at radius 2 is 2.06 bits per heavy atom. The van der Waals surface area contributed by atoms with Gasteiger partial charge in [-0.15, -0.1) is 24.0 Å². The molecule has 5 heteroatoms. The van der Waals surface area contributed by atoms with Crippen LogP contribution in [0.4, 0.5) is 0 Å². The highest BCUT2D eigenvalue weighted by molar-refractivity contribution is 14.0. The minimum Gasteiger partial charge on any atom is -0.381 e. The molecule has 1 N–H and O–H groups in total. The van der Waals surface area contributed by atoms with Crippen LogP contribution in [0.5, 0.6) is 0 Å². The molecule has 0 amide bonds. The van der Waals surface area contributed by atoms with Crippen molar-refractivity contribution in [2.45, 2.75) is 19.3 Å². The minimum absolute atomic E-state index is 0. The van der Waals surface area contributed by atoms with Crippen molar-refractivity contribution >= 4 is 29.9 Å². The SMILES string of the molecule is CN=C(NC)N(C)CCC1CCOCC1.I. The molecule has 16 heavy (non-hydrogen) atoms. The summed E-state index contributed by atoms with van der Waals surface area (Å²) in [5.74, 6) is 1.79. The molecule has 0 aliphatic carbocycles. The monoisotopic (exact) mass is 341 g/mol. The number of guanidine groups is 1. The average Bonchev–Trinajstić information content (AvgIpc) is 2.29. The summed E-state index contributed by atoms with van der Waals surface area (Å²) in [6, 6.07) is 0. The Morgan fingerprint density at radius 3 is 2.56 bits per heavy atom. The third-order valence-corrected chi connectivity index (χ3v) is 3.01. The molecule has 96 valence electrons. The van der Waals surface area contributed by atoms with Crippen molar-refractivity contribution in [2.24, 2.45) is 10.9 Å². The lowest BCUT2D eigenvalue weighted by atomic mass is 9.96. The van der Waals surface area contributed by atoms with Gasteiger partial charge in [-0.25, -0.2) is 0 Å². The van der Waals surface area contributed by atoms with E-state index in [2.05, 4.69) is 22.3 Å². The molecule has 1 rings (SSSR count). The van der Waals surface area contributed by atoms with E-state index in [1.165, 1.54) is 19.3 Å². The molecule has 0 radical (unpaired) electrons. The molecule has 1 heterocycles. The van der Waals surface area contributed by atoms with Gasteiger partial charge in [0.2, 0.25) is 0 Å². The van der Waals surface area contributed by atoms with Gasteiger partial charge in [0.25, 0.3) is 0 Å². The zero-order valence-corrected chi connectivity index (χ0v) is 12.9. The first-order valence-electron chi connectivity index (χ1n) is 5.71. The lowest BCUT2D eigenvalue weighted by Crippen LogP contribution is -2.38. The average molecular weight is 341 g/mol. The molecule has 0 atom stereocenters. The van der Waals surface area contributed by atoms with Gasteiger partial charge in [0, 0.05) is 40.9 Å². The quantitative estimate of drug-likeness (QED) is 0.481. The molecule has 1 fully saturated rings. The van der Waals surface area contributed by atoms with E-state index in [4.69, 9.17) is 4.74 Å². The predicted octanol–water partition coefficient (Wildman–Crippen LogP) is 1.56. The van der Waals surface area contributed by atoms with Crippen molar-refractivity contribution in [3.8, 4) is 0 Å². The van der Waals surface area contributed by atoms with Gasteiger partial charge in [-0.1, -0.05) is 0 Å². The van der Waals surface area contributed by atoms with Gasteiger partial charge in [0.1, 0.15) is 0 Å². The van der Waals surface area contributed by atoms with Crippen LogP contribution in [-0.2, 0) is 4.74 Å². The normalized spacial score (nSPS) is 17.8. The molecule has 4 nitrogen and oxygen atoms in total. The predicted molar refractivity (Wildman–Crippen MR) is 78.6 cm³/mol. The van der Waals surface area contributed by atoms with Gasteiger partial charge in [0.05, 0.1) is 0 Å². The zero-order valence-electron chi connectivity index (χ0n) is 10.5. The first-order valence-corrected chi connectivity index (χ1v) is 5.71. The summed E-state index contributed by atoms with van der Waals surface area (Å²) in [5, 5.41) is 3.09. The Kier molecular flexibility index (Phi) is 9.02. The number of hydrogen-bond acceptors (Lipinski definition) is 2. The maximum atomic E-state index is 5.35. The smallest absolute Gasteiger partial charge is 0.193 e. The highest BCUT2D eigenvalue weighted by Gasteiger charge is 2.14. The fraction of sp³-hybridized carbons (Fsp3) is 0.909. The highest BCUT2D eigenvalue weighted by Crippen LogP contribution is 2.18. The fourth-order valence-electron chi connectivity index (χ4n) is 1.99. The number of aliphatic imine (C=N–C) groups is 1. The highest BCUT2D eigenvalue weighted by atomic mass is 127. The summed E-state index contributed by atoms with van der Waals surface area (Å²) in [7, 11) is 5.81. The molecule has 0 unspecified atom stereocenters. The minimum atomic E-state index is 0. The second kappa shape index (κ2) is 9.04. The Bertz CT molecular complexity index is 205. The maximum Gasteiger partial charge on any atom is 0.193 e. The topological polar surface area (TPSA) is 36.9 Å². The van der Waals surface area contributed by atoms with Crippen molar-refractivity contribution < 1.29 is 4.74 Å². The summed E-state index contributed by atoms with van der Waals surface area (Å²) in [5.41, 5.74) is 0. The number of nitrogens with zero attached hydrogens (tertiary/aromatic N) is 2. The number of hydrogen-bond donors (Lipinski definition) is 1. The van der Waals surface area contributed by atoms with Crippen LogP contribution in [0.3, 0.4) is 0 Å². The number of rotatable bonds is 3. The van der Waals surface area contributed by atoms with E-state index < -0.39 is 0 Å². The summed E-state index contributed by atoms with van der Waals surface area (Å²) in [6.07, 6.45) is 3.67. The van der Waals surface area contributed by atoms with Crippen LogP contribution in [-0.4, -0.2) is 51.8 Å². The molecule has 1 saturated heterocycles. The number of ether oxygens (including phenoxy) is 1. The van der Waals surface area contributed by atoms with E-state index >= 15 is 0 Å². The molecule has 0 saturated carbocycles. The first kappa shape index (κ1) is 16.0. The van der Waals surface area contributed by atoms with E-state index in [0.717, 1.165) is 31.6 Å². The van der Waals surface area contributed by atoms with Gasteiger partial charge in [-0.05, 0) is 25.2 Å². The van der Waals surface area contributed by atoms with Gasteiger partial charge in [0.15, 0.2) is 5.96 Å². The molecule has 0 aromatic heterocycles. The Labute approximate surface area is 116 Å².